The summed E-state index contributed by atoms with van der Waals surface area (Å²) >= 11 is 0. The van der Waals surface area contributed by atoms with Gasteiger partial charge in [-0.05, 0) is 19.8 Å². The Kier molecular flexibility index (Phi) is 6.54. The molecule has 0 aromatic rings. The summed E-state index contributed by atoms with van der Waals surface area (Å²) in [5.74, 6) is 4.90. The van der Waals surface area contributed by atoms with Crippen LogP contribution in [0, 0.1) is 0 Å². The highest BCUT2D eigenvalue weighted by atomic mass is 16.6. The van der Waals surface area contributed by atoms with Gasteiger partial charge in [0, 0.05) is 13.1 Å². The van der Waals surface area contributed by atoms with E-state index in [9.17, 15) is 4.79 Å². The minimum absolute atomic E-state index is 0.00463. The molecule has 1 aliphatic heterocycles. The fourth-order valence-corrected chi connectivity index (χ4v) is 1.25. The standard InChI is InChI=1S/C7H14N2O2.C2H6/c1-6(11-8)7(10)9-4-2-3-5-9;1-2/h6H,2-5,8H2,1H3;1-2H3. The molecule has 0 aromatic carbocycles. The quantitative estimate of drug-likeness (QED) is 0.655. The first-order valence-corrected chi connectivity index (χ1v) is 4.90. The van der Waals surface area contributed by atoms with Crippen molar-refractivity contribution < 1.29 is 9.63 Å². The van der Waals surface area contributed by atoms with Crippen LogP contribution in [0.3, 0.4) is 0 Å². The lowest BCUT2D eigenvalue weighted by Crippen LogP contribution is -2.38. The van der Waals surface area contributed by atoms with E-state index in [0.29, 0.717) is 0 Å². The minimum Gasteiger partial charge on any atom is -0.340 e. The third-order valence-electron chi connectivity index (χ3n) is 1.97. The van der Waals surface area contributed by atoms with E-state index in [0.717, 1.165) is 25.9 Å². The summed E-state index contributed by atoms with van der Waals surface area (Å²) in [5, 5.41) is 0. The van der Waals surface area contributed by atoms with Crippen molar-refractivity contribution in [1.29, 1.82) is 0 Å². The van der Waals surface area contributed by atoms with Crippen LogP contribution in [0.15, 0.2) is 0 Å². The summed E-state index contributed by atoms with van der Waals surface area (Å²) in [6.07, 6.45) is 1.71. The van der Waals surface area contributed by atoms with E-state index < -0.39 is 6.10 Å². The Morgan fingerprint density at radius 3 is 2.23 bits per heavy atom. The van der Waals surface area contributed by atoms with E-state index in [1.54, 1.807) is 11.8 Å². The largest absolute Gasteiger partial charge is 0.340 e. The summed E-state index contributed by atoms with van der Waals surface area (Å²) in [5.41, 5.74) is 0. The molecule has 1 heterocycles. The Balaban J connectivity index is 0.000000671. The summed E-state index contributed by atoms with van der Waals surface area (Å²) in [4.78, 5) is 17.5. The number of rotatable bonds is 2. The first kappa shape index (κ1) is 12.4. The number of carbonyl (C=O) groups is 1. The molecule has 1 saturated heterocycles. The smallest absolute Gasteiger partial charge is 0.253 e. The van der Waals surface area contributed by atoms with E-state index in [2.05, 4.69) is 4.84 Å². The van der Waals surface area contributed by atoms with Gasteiger partial charge in [0.05, 0.1) is 0 Å². The van der Waals surface area contributed by atoms with Crippen molar-refractivity contribution in [2.24, 2.45) is 5.90 Å². The molecule has 4 heteroatoms. The van der Waals surface area contributed by atoms with Crippen molar-refractivity contribution in [3.8, 4) is 0 Å². The zero-order chi connectivity index (χ0) is 10.3. The molecule has 78 valence electrons. The maximum Gasteiger partial charge on any atom is 0.253 e. The van der Waals surface area contributed by atoms with Crippen LogP contribution in [-0.2, 0) is 9.63 Å². The fraction of sp³-hybridized carbons (Fsp3) is 0.889. The second-order valence-electron chi connectivity index (χ2n) is 2.81. The number of nitrogens with two attached hydrogens (primary N) is 1. The third-order valence-corrected chi connectivity index (χ3v) is 1.97. The molecule has 0 saturated carbocycles. The van der Waals surface area contributed by atoms with E-state index >= 15 is 0 Å². The van der Waals surface area contributed by atoms with Crippen LogP contribution in [0.5, 0.6) is 0 Å². The summed E-state index contributed by atoms with van der Waals surface area (Å²) < 4.78 is 0. The van der Waals surface area contributed by atoms with Crippen molar-refractivity contribution in [2.45, 2.75) is 39.7 Å². The topological polar surface area (TPSA) is 55.6 Å². The molecular weight excluding hydrogens is 168 g/mol. The maximum absolute atomic E-state index is 11.3. The molecule has 1 rings (SSSR count). The molecule has 0 spiro atoms. The zero-order valence-electron chi connectivity index (χ0n) is 8.75. The number of hydrogen-bond acceptors (Lipinski definition) is 3. The fourth-order valence-electron chi connectivity index (χ4n) is 1.25. The van der Waals surface area contributed by atoms with Gasteiger partial charge in [-0.1, -0.05) is 13.8 Å². The van der Waals surface area contributed by atoms with Crippen LogP contribution in [0.4, 0.5) is 0 Å². The van der Waals surface area contributed by atoms with Crippen molar-refractivity contribution >= 4 is 5.91 Å². The maximum atomic E-state index is 11.3. The Labute approximate surface area is 80.0 Å². The van der Waals surface area contributed by atoms with E-state index in [4.69, 9.17) is 5.90 Å². The van der Waals surface area contributed by atoms with Gasteiger partial charge >= 0.3 is 0 Å². The molecule has 0 aliphatic carbocycles. The van der Waals surface area contributed by atoms with Crippen LogP contribution in [0.1, 0.15) is 33.6 Å². The molecule has 0 radical (unpaired) electrons. The van der Waals surface area contributed by atoms with Crippen molar-refractivity contribution in [1.82, 2.24) is 4.90 Å². The van der Waals surface area contributed by atoms with Crippen LogP contribution in [0.2, 0.25) is 0 Å². The third kappa shape index (κ3) is 3.74. The summed E-state index contributed by atoms with van der Waals surface area (Å²) in [6, 6.07) is 0. The molecule has 13 heavy (non-hydrogen) atoms. The zero-order valence-corrected chi connectivity index (χ0v) is 8.75. The molecule has 2 N–H and O–H groups in total. The van der Waals surface area contributed by atoms with Crippen molar-refractivity contribution in [2.75, 3.05) is 13.1 Å². The van der Waals surface area contributed by atoms with Crippen LogP contribution < -0.4 is 5.90 Å². The molecule has 1 fully saturated rings. The average molecular weight is 188 g/mol. The molecule has 1 unspecified atom stereocenters. The van der Waals surface area contributed by atoms with Gasteiger partial charge in [-0.25, -0.2) is 5.90 Å². The van der Waals surface area contributed by atoms with Gasteiger partial charge in [0.25, 0.3) is 5.91 Å². The van der Waals surface area contributed by atoms with Gasteiger partial charge in [0.15, 0.2) is 6.10 Å². The predicted octanol–water partition coefficient (Wildman–Crippen LogP) is 0.914. The average Bonchev–Trinajstić information content (AvgIpc) is 2.71. The first-order valence-electron chi connectivity index (χ1n) is 4.90. The van der Waals surface area contributed by atoms with E-state index in [1.807, 2.05) is 13.8 Å². The van der Waals surface area contributed by atoms with Gasteiger partial charge < -0.3 is 4.90 Å². The summed E-state index contributed by atoms with van der Waals surface area (Å²) in [6.45, 7) is 7.37. The second kappa shape index (κ2) is 6.86. The van der Waals surface area contributed by atoms with Crippen molar-refractivity contribution in [3.63, 3.8) is 0 Å². The van der Waals surface area contributed by atoms with Crippen LogP contribution >= 0.6 is 0 Å². The molecule has 0 aromatic heterocycles. The number of carbonyl (C=O) groups excluding carboxylic acids is 1. The molecular formula is C9H20N2O2. The van der Waals surface area contributed by atoms with Gasteiger partial charge in [-0.15, -0.1) is 0 Å². The molecule has 1 atom stereocenters. The Morgan fingerprint density at radius 1 is 1.38 bits per heavy atom. The van der Waals surface area contributed by atoms with Crippen LogP contribution in [0.25, 0.3) is 0 Å². The highest BCUT2D eigenvalue weighted by Gasteiger charge is 2.22. The highest BCUT2D eigenvalue weighted by Crippen LogP contribution is 2.09. The minimum atomic E-state index is -0.493. The first-order chi connectivity index (χ1) is 6.25. The number of hydrogen-bond donors (Lipinski definition) is 1. The lowest BCUT2D eigenvalue weighted by Gasteiger charge is -2.18. The lowest BCUT2D eigenvalue weighted by molar-refractivity contribution is -0.141. The Morgan fingerprint density at radius 2 is 1.85 bits per heavy atom. The van der Waals surface area contributed by atoms with Crippen LogP contribution in [-0.4, -0.2) is 30.0 Å². The SMILES string of the molecule is CC.CC(ON)C(=O)N1CCCC1. The summed E-state index contributed by atoms with van der Waals surface area (Å²) in [7, 11) is 0. The van der Waals surface area contributed by atoms with E-state index in [-0.39, 0.29) is 5.91 Å². The van der Waals surface area contributed by atoms with E-state index in [1.165, 1.54) is 0 Å². The van der Waals surface area contributed by atoms with Gasteiger partial charge in [0.2, 0.25) is 0 Å². The predicted molar refractivity (Wildman–Crippen MR) is 51.9 cm³/mol. The lowest BCUT2D eigenvalue weighted by atomic mass is 10.3. The molecule has 4 nitrogen and oxygen atoms in total. The molecule has 0 bridgehead atoms. The van der Waals surface area contributed by atoms with Gasteiger partial charge in [-0.3, -0.25) is 9.63 Å². The normalized spacial score (nSPS) is 17.7. The van der Waals surface area contributed by atoms with Gasteiger partial charge in [-0.2, -0.15) is 0 Å². The molecule has 1 aliphatic rings. The number of amides is 1. The molecule has 1 amide bonds. The van der Waals surface area contributed by atoms with Crippen molar-refractivity contribution in [3.05, 3.63) is 0 Å². The van der Waals surface area contributed by atoms with Gasteiger partial charge in [0.1, 0.15) is 0 Å². The Hall–Kier alpha value is -0.610. The number of nitrogens with zero attached hydrogens (tertiary/aromatic N) is 1. The highest BCUT2D eigenvalue weighted by molar-refractivity contribution is 5.80. The monoisotopic (exact) mass is 188 g/mol. The second-order valence-corrected chi connectivity index (χ2v) is 2.81. The Bertz CT molecular complexity index is 145. The number of likely N-dealkylation sites (tertiary alicyclic amines) is 1.